The molecule has 0 spiro atoms. The van der Waals surface area contributed by atoms with E-state index in [9.17, 15) is 18.4 Å². The number of nitrogens with one attached hydrogen (secondary N) is 1. The van der Waals surface area contributed by atoms with Crippen LogP contribution in [0.25, 0.3) is 11.3 Å². The first-order valence-electron chi connectivity index (χ1n) is 9.57. The molecule has 1 aliphatic rings. The minimum atomic E-state index is -0.397. The molecule has 1 unspecified atom stereocenters. The summed E-state index contributed by atoms with van der Waals surface area (Å²) in [5, 5.41) is 5.09. The van der Waals surface area contributed by atoms with E-state index in [4.69, 9.17) is 0 Å². The summed E-state index contributed by atoms with van der Waals surface area (Å²) in [7, 11) is 0. The molecule has 8 heteroatoms. The maximum absolute atomic E-state index is 13.1. The number of amides is 2. The van der Waals surface area contributed by atoms with Gasteiger partial charge in [-0.2, -0.15) is 0 Å². The van der Waals surface area contributed by atoms with E-state index in [-0.39, 0.29) is 23.5 Å². The van der Waals surface area contributed by atoms with E-state index in [1.54, 1.807) is 22.4 Å². The van der Waals surface area contributed by atoms with Crippen LogP contribution in [-0.4, -0.2) is 34.8 Å². The maximum Gasteiger partial charge on any atom is 0.253 e. The molecule has 2 amide bonds. The fraction of sp³-hybridized carbons (Fsp3) is 0.227. The lowest BCUT2D eigenvalue weighted by molar-refractivity contribution is -0.121. The van der Waals surface area contributed by atoms with Gasteiger partial charge in [-0.3, -0.25) is 9.59 Å². The fourth-order valence-corrected chi connectivity index (χ4v) is 4.17. The molecule has 30 heavy (non-hydrogen) atoms. The van der Waals surface area contributed by atoms with Crippen molar-refractivity contribution in [3.05, 3.63) is 71.1 Å². The van der Waals surface area contributed by atoms with Crippen molar-refractivity contribution >= 4 is 28.3 Å². The Morgan fingerprint density at radius 2 is 1.70 bits per heavy atom. The quantitative estimate of drug-likeness (QED) is 0.663. The molecule has 0 aliphatic carbocycles. The highest BCUT2D eigenvalue weighted by atomic mass is 32.1. The second-order valence-electron chi connectivity index (χ2n) is 7.13. The monoisotopic (exact) mass is 427 g/mol. The van der Waals surface area contributed by atoms with Crippen LogP contribution in [0.1, 0.15) is 23.2 Å². The van der Waals surface area contributed by atoms with Crippen molar-refractivity contribution < 1.29 is 18.4 Å². The van der Waals surface area contributed by atoms with Crippen LogP contribution in [0, 0.1) is 17.6 Å². The molecular weight excluding hydrogens is 408 g/mol. The van der Waals surface area contributed by atoms with Crippen molar-refractivity contribution in [3.8, 4) is 11.3 Å². The number of halogens is 2. The Balaban J connectivity index is 1.39. The fourth-order valence-electron chi connectivity index (χ4n) is 3.44. The van der Waals surface area contributed by atoms with Gasteiger partial charge in [-0.05, 0) is 61.4 Å². The third kappa shape index (κ3) is 4.54. The first kappa shape index (κ1) is 20.2. The van der Waals surface area contributed by atoms with Crippen LogP contribution in [0.2, 0.25) is 0 Å². The SMILES string of the molecule is O=C(Nc1nc(-c2ccc(F)cc2)cs1)C1CCCN(C(=O)c2ccc(F)cc2)C1. The van der Waals surface area contributed by atoms with E-state index in [1.807, 2.05) is 0 Å². The second kappa shape index (κ2) is 8.71. The molecule has 0 saturated carbocycles. The minimum Gasteiger partial charge on any atom is -0.338 e. The van der Waals surface area contributed by atoms with Crippen molar-refractivity contribution in [2.24, 2.45) is 5.92 Å². The van der Waals surface area contributed by atoms with E-state index >= 15 is 0 Å². The number of nitrogens with zero attached hydrogens (tertiary/aromatic N) is 2. The molecule has 2 aromatic carbocycles. The van der Waals surface area contributed by atoms with Crippen LogP contribution >= 0.6 is 11.3 Å². The zero-order chi connectivity index (χ0) is 21.1. The first-order valence-corrected chi connectivity index (χ1v) is 10.4. The maximum atomic E-state index is 13.1. The predicted octanol–water partition coefficient (Wildman–Crippen LogP) is 4.58. The molecule has 4 rings (SSSR count). The number of aromatic nitrogens is 1. The molecule has 1 N–H and O–H groups in total. The van der Waals surface area contributed by atoms with Crippen molar-refractivity contribution in [3.63, 3.8) is 0 Å². The van der Waals surface area contributed by atoms with Gasteiger partial charge in [0.25, 0.3) is 5.91 Å². The number of carbonyl (C=O) groups is 2. The Morgan fingerprint density at radius 1 is 1.03 bits per heavy atom. The topological polar surface area (TPSA) is 62.3 Å². The average molecular weight is 427 g/mol. The predicted molar refractivity (Wildman–Crippen MR) is 111 cm³/mol. The molecule has 3 aromatic rings. The number of rotatable bonds is 4. The molecule has 5 nitrogen and oxygen atoms in total. The molecule has 0 radical (unpaired) electrons. The van der Waals surface area contributed by atoms with Crippen LogP contribution in [0.3, 0.4) is 0 Å². The van der Waals surface area contributed by atoms with Gasteiger partial charge in [0.15, 0.2) is 5.13 Å². The number of likely N-dealkylation sites (tertiary alicyclic amines) is 1. The van der Waals surface area contributed by atoms with E-state index in [0.717, 1.165) is 5.56 Å². The van der Waals surface area contributed by atoms with Gasteiger partial charge in [-0.15, -0.1) is 11.3 Å². The molecule has 1 saturated heterocycles. The summed E-state index contributed by atoms with van der Waals surface area (Å²) in [5.74, 6) is -1.46. The summed E-state index contributed by atoms with van der Waals surface area (Å²) < 4.78 is 26.2. The lowest BCUT2D eigenvalue weighted by atomic mass is 9.96. The normalized spacial score (nSPS) is 16.3. The zero-order valence-electron chi connectivity index (χ0n) is 16.0. The van der Waals surface area contributed by atoms with Gasteiger partial charge in [0.1, 0.15) is 11.6 Å². The highest BCUT2D eigenvalue weighted by molar-refractivity contribution is 7.14. The molecule has 1 aliphatic heterocycles. The Bertz CT molecular complexity index is 1050. The minimum absolute atomic E-state index is 0.188. The number of thiazole rings is 1. The van der Waals surface area contributed by atoms with Gasteiger partial charge >= 0.3 is 0 Å². The Labute approximate surface area is 176 Å². The molecule has 1 aromatic heterocycles. The standard InChI is InChI=1S/C22H19F2N3O2S/c23-17-7-3-14(4-8-17)19-13-30-22(25-19)26-20(28)16-2-1-11-27(12-16)21(29)15-5-9-18(24)10-6-15/h3-10,13,16H,1-2,11-12H2,(H,25,26,28). The Morgan fingerprint density at radius 3 is 2.40 bits per heavy atom. The number of hydrogen-bond acceptors (Lipinski definition) is 4. The van der Waals surface area contributed by atoms with Gasteiger partial charge in [-0.1, -0.05) is 0 Å². The van der Waals surface area contributed by atoms with Crippen LogP contribution in [0.15, 0.2) is 53.9 Å². The summed E-state index contributed by atoms with van der Waals surface area (Å²) in [6, 6.07) is 11.4. The number of piperidine rings is 1. The van der Waals surface area contributed by atoms with Crippen LogP contribution < -0.4 is 5.32 Å². The van der Waals surface area contributed by atoms with Crippen molar-refractivity contribution in [2.75, 3.05) is 18.4 Å². The third-order valence-corrected chi connectivity index (χ3v) is 5.80. The number of benzene rings is 2. The molecule has 0 bridgehead atoms. The second-order valence-corrected chi connectivity index (χ2v) is 7.99. The lowest BCUT2D eigenvalue weighted by Crippen LogP contribution is -2.43. The largest absolute Gasteiger partial charge is 0.338 e. The highest BCUT2D eigenvalue weighted by Crippen LogP contribution is 2.26. The van der Waals surface area contributed by atoms with Gasteiger partial charge < -0.3 is 10.2 Å². The van der Waals surface area contributed by atoms with Crippen molar-refractivity contribution in [1.29, 1.82) is 0 Å². The van der Waals surface area contributed by atoms with Crippen LogP contribution in [0.5, 0.6) is 0 Å². The first-order chi connectivity index (χ1) is 14.5. The van der Waals surface area contributed by atoms with E-state index < -0.39 is 5.82 Å². The van der Waals surface area contributed by atoms with Crippen LogP contribution in [0.4, 0.5) is 13.9 Å². The molecule has 2 heterocycles. The highest BCUT2D eigenvalue weighted by Gasteiger charge is 2.29. The summed E-state index contributed by atoms with van der Waals surface area (Å²) in [6.45, 7) is 0.865. The Hall–Kier alpha value is -3.13. The number of carbonyl (C=O) groups excluding carboxylic acids is 2. The van der Waals surface area contributed by atoms with E-state index in [2.05, 4.69) is 10.3 Å². The summed E-state index contributed by atoms with van der Waals surface area (Å²) in [4.78, 5) is 31.4. The lowest BCUT2D eigenvalue weighted by Gasteiger charge is -2.32. The molecule has 154 valence electrons. The molecule has 1 atom stereocenters. The Kier molecular flexibility index (Phi) is 5.85. The van der Waals surface area contributed by atoms with Gasteiger partial charge in [0.2, 0.25) is 5.91 Å². The third-order valence-electron chi connectivity index (χ3n) is 5.04. The summed E-state index contributed by atoms with van der Waals surface area (Å²) >= 11 is 1.29. The number of hydrogen-bond donors (Lipinski definition) is 1. The summed E-state index contributed by atoms with van der Waals surface area (Å²) in [6.07, 6.45) is 1.39. The number of anilines is 1. The van der Waals surface area contributed by atoms with E-state index in [1.165, 1.54) is 47.7 Å². The van der Waals surface area contributed by atoms with Crippen molar-refractivity contribution in [2.45, 2.75) is 12.8 Å². The van der Waals surface area contributed by atoms with Crippen LogP contribution in [-0.2, 0) is 4.79 Å². The van der Waals surface area contributed by atoms with Gasteiger partial charge in [0, 0.05) is 29.6 Å². The van der Waals surface area contributed by atoms with Gasteiger partial charge in [-0.25, -0.2) is 13.8 Å². The van der Waals surface area contributed by atoms with E-state index in [0.29, 0.717) is 42.3 Å². The smallest absolute Gasteiger partial charge is 0.253 e. The molecular formula is C22H19F2N3O2S. The van der Waals surface area contributed by atoms with Crippen molar-refractivity contribution in [1.82, 2.24) is 9.88 Å². The summed E-state index contributed by atoms with van der Waals surface area (Å²) in [5.41, 5.74) is 1.83. The zero-order valence-corrected chi connectivity index (χ0v) is 16.8. The average Bonchev–Trinajstić information content (AvgIpc) is 3.23. The molecule has 1 fully saturated rings. The van der Waals surface area contributed by atoms with Gasteiger partial charge in [0.05, 0.1) is 11.6 Å².